The molecule has 6 nitrogen and oxygen atoms in total. The molecule has 1 heterocycles. The van der Waals surface area contributed by atoms with E-state index in [0.29, 0.717) is 41.6 Å². The molecule has 0 saturated carbocycles. The number of aromatic nitrogens is 1. The molecule has 0 unspecified atom stereocenters. The number of nitrogens with one attached hydrogen (secondary N) is 1. The lowest BCUT2D eigenvalue weighted by atomic mass is 9.82. The molecule has 1 N–H and O–H groups in total. The number of benzene rings is 1. The molecule has 2 aromatic rings. The summed E-state index contributed by atoms with van der Waals surface area (Å²) in [5, 5.41) is 3.17. The van der Waals surface area contributed by atoms with E-state index in [1.54, 1.807) is 0 Å². The molecule has 0 aliphatic rings. The summed E-state index contributed by atoms with van der Waals surface area (Å²) in [6.45, 7) is 8.99. The van der Waals surface area contributed by atoms with E-state index in [0.717, 1.165) is 23.5 Å². The van der Waals surface area contributed by atoms with Gasteiger partial charge in [0.25, 0.3) is 0 Å². The maximum atomic E-state index is 12.1. The number of aryl methyl sites for hydroxylation is 1. The number of hydrogen-bond acceptors (Lipinski definition) is 6. The van der Waals surface area contributed by atoms with Crippen LogP contribution >= 0.6 is 11.3 Å². The Morgan fingerprint density at radius 2 is 1.86 bits per heavy atom. The highest BCUT2D eigenvalue weighted by molar-refractivity contribution is 7.17. The SMILES string of the molecule is CCc1nc(NC(=O)CCCOc2ccc(C(C)(C)CC)cc2)sc1C(=O)OC. The Labute approximate surface area is 176 Å². The van der Waals surface area contributed by atoms with Crippen molar-refractivity contribution in [2.45, 2.75) is 58.8 Å². The van der Waals surface area contributed by atoms with Crippen molar-refractivity contribution in [3.63, 3.8) is 0 Å². The minimum Gasteiger partial charge on any atom is -0.494 e. The van der Waals surface area contributed by atoms with Gasteiger partial charge in [-0.25, -0.2) is 9.78 Å². The number of ether oxygens (including phenoxy) is 2. The van der Waals surface area contributed by atoms with Gasteiger partial charge < -0.3 is 14.8 Å². The van der Waals surface area contributed by atoms with Crippen molar-refractivity contribution in [1.29, 1.82) is 0 Å². The number of anilines is 1. The average Bonchev–Trinajstić information content (AvgIpc) is 3.13. The van der Waals surface area contributed by atoms with E-state index < -0.39 is 5.97 Å². The highest BCUT2D eigenvalue weighted by Crippen LogP contribution is 2.28. The largest absolute Gasteiger partial charge is 0.494 e. The summed E-state index contributed by atoms with van der Waals surface area (Å²) in [6, 6.07) is 8.14. The number of nitrogens with zero attached hydrogens (tertiary/aromatic N) is 1. The van der Waals surface area contributed by atoms with E-state index in [1.807, 2.05) is 19.1 Å². The van der Waals surface area contributed by atoms with Gasteiger partial charge in [-0.2, -0.15) is 0 Å². The lowest BCUT2D eigenvalue weighted by Crippen LogP contribution is -2.15. The maximum absolute atomic E-state index is 12.1. The number of hydrogen-bond donors (Lipinski definition) is 1. The van der Waals surface area contributed by atoms with Crippen molar-refractivity contribution in [2.75, 3.05) is 19.0 Å². The van der Waals surface area contributed by atoms with Crippen molar-refractivity contribution in [3.8, 4) is 5.75 Å². The van der Waals surface area contributed by atoms with Crippen LogP contribution in [0.25, 0.3) is 0 Å². The van der Waals surface area contributed by atoms with E-state index in [-0.39, 0.29) is 11.3 Å². The molecule has 0 aliphatic carbocycles. The van der Waals surface area contributed by atoms with Crippen molar-refractivity contribution in [2.24, 2.45) is 0 Å². The normalized spacial score (nSPS) is 11.2. The van der Waals surface area contributed by atoms with Crippen molar-refractivity contribution in [3.05, 3.63) is 40.4 Å². The smallest absolute Gasteiger partial charge is 0.350 e. The van der Waals surface area contributed by atoms with E-state index in [9.17, 15) is 9.59 Å². The fraction of sp³-hybridized carbons (Fsp3) is 0.500. The van der Waals surface area contributed by atoms with Crippen LogP contribution in [0.1, 0.15) is 67.9 Å². The number of rotatable bonds is 10. The predicted octanol–water partition coefficient (Wildman–Crippen LogP) is 4.98. The monoisotopic (exact) mass is 418 g/mol. The van der Waals surface area contributed by atoms with Crippen LogP contribution in [0.15, 0.2) is 24.3 Å². The fourth-order valence-electron chi connectivity index (χ4n) is 2.71. The standard InChI is InChI=1S/C22H30N2O4S/c1-6-17-19(20(26)27-5)29-21(23-17)24-18(25)9-8-14-28-16-12-10-15(11-13-16)22(3,4)7-2/h10-13H,6-9,14H2,1-5H3,(H,23,24,25). The number of amides is 1. The van der Waals surface area contributed by atoms with Gasteiger partial charge in [-0.05, 0) is 42.4 Å². The quantitative estimate of drug-likeness (QED) is 0.435. The zero-order chi connectivity index (χ0) is 21.4. The summed E-state index contributed by atoms with van der Waals surface area (Å²) < 4.78 is 10.5. The van der Waals surface area contributed by atoms with Gasteiger partial charge >= 0.3 is 5.97 Å². The van der Waals surface area contributed by atoms with Gasteiger partial charge in [-0.15, -0.1) is 0 Å². The van der Waals surface area contributed by atoms with Crippen LogP contribution in [0.5, 0.6) is 5.75 Å². The van der Waals surface area contributed by atoms with E-state index >= 15 is 0 Å². The second kappa shape index (κ2) is 10.4. The Hall–Kier alpha value is -2.41. The first kappa shape index (κ1) is 22.9. The summed E-state index contributed by atoms with van der Waals surface area (Å²) in [7, 11) is 1.33. The van der Waals surface area contributed by atoms with E-state index in [1.165, 1.54) is 12.7 Å². The molecule has 0 atom stereocenters. The molecular formula is C22H30N2O4S. The Morgan fingerprint density at radius 1 is 1.17 bits per heavy atom. The molecule has 0 radical (unpaired) electrons. The molecule has 0 fully saturated rings. The zero-order valence-electron chi connectivity index (χ0n) is 17.8. The molecule has 0 saturated heterocycles. The van der Waals surface area contributed by atoms with Gasteiger partial charge in [-0.1, -0.05) is 51.2 Å². The van der Waals surface area contributed by atoms with Gasteiger partial charge in [0.05, 0.1) is 19.4 Å². The average molecular weight is 419 g/mol. The van der Waals surface area contributed by atoms with Gasteiger partial charge in [0, 0.05) is 6.42 Å². The molecule has 0 aliphatic heterocycles. The molecule has 7 heteroatoms. The summed E-state index contributed by atoms with van der Waals surface area (Å²) in [6.07, 6.45) is 2.57. The first-order chi connectivity index (χ1) is 13.8. The number of methoxy groups -OCH3 is 1. The van der Waals surface area contributed by atoms with Gasteiger partial charge in [-0.3, -0.25) is 4.79 Å². The first-order valence-corrected chi connectivity index (χ1v) is 10.7. The van der Waals surface area contributed by atoms with Gasteiger partial charge in [0.1, 0.15) is 10.6 Å². The lowest BCUT2D eigenvalue weighted by molar-refractivity contribution is -0.116. The molecular weight excluding hydrogens is 388 g/mol. The molecule has 1 amide bonds. The van der Waals surface area contributed by atoms with Crippen LogP contribution in [0.3, 0.4) is 0 Å². The molecule has 1 aromatic heterocycles. The van der Waals surface area contributed by atoms with Gasteiger partial charge in [0.2, 0.25) is 5.91 Å². The third kappa shape index (κ3) is 6.29. The van der Waals surface area contributed by atoms with E-state index in [4.69, 9.17) is 9.47 Å². The van der Waals surface area contributed by atoms with Crippen LogP contribution in [-0.2, 0) is 21.4 Å². The molecule has 0 spiro atoms. The van der Waals surface area contributed by atoms with E-state index in [2.05, 4.69) is 43.2 Å². The molecule has 0 bridgehead atoms. The van der Waals surface area contributed by atoms with Crippen molar-refractivity contribution in [1.82, 2.24) is 4.98 Å². The van der Waals surface area contributed by atoms with Crippen LogP contribution in [0.4, 0.5) is 5.13 Å². The number of esters is 1. The Kier molecular flexibility index (Phi) is 8.20. The minimum absolute atomic E-state index is 0.151. The Morgan fingerprint density at radius 3 is 2.45 bits per heavy atom. The topological polar surface area (TPSA) is 77.5 Å². The second-order valence-electron chi connectivity index (χ2n) is 7.40. The predicted molar refractivity (Wildman–Crippen MR) is 116 cm³/mol. The van der Waals surface area contributed by atoms with Crippen LogP contribution < -0.4 is 10.1 Å². The van der Waals surface area contributed by atoms with Crippen LogP contribution in [0, 0.1) is 0 Å². The Bertz CT molecular complexity index is 828. The summed E-state index contributed by atoms with van der Waals surface area (Å²) in [5.74, 6) is 0.222. The highest BCUT2D eigenvalue weighted by Gasteiger charge is 2.19. The summed E-state index contributed by atoms with van der Waals surface area (Å²) in [4.78, 5) is 28.6. The van der Waals surface area contributed by atoms with Crippen molar-refractivity contribution < 1.29 is 19.1 Å². The highest BCUT2D eigenvalue weighted by atomic mass is 32.1. The minimum atomic E-state index is -0.429. The third-order valence-electron chi connectivity index (χ3n) is 4.99. The maximum Gasteiger partial charge on any atom is 0.350 e. The summed E-state index contributed by atoms with van der Waals surface area (Å²) >= 11 is 1.14. The first-order valence-electron chi connectivity index (χ1n) is 9.92. The molecule has 29 heavy (non-hydrogen) atoms. The molecule has 2 rings (SSSR count). The van der Waals surface area contributed by atoms with Crippen LogP contribution in [0.2, 0.25) is 0 Å². The fourth-order valence-corrected chi connectivity index (χ4v) is 3.70. The zero-order valence-corrected chi connectivity index (χ0v) is 18.6. The lowest BCUT2D eigenvalue weighted by Gasteiger charge is -2.23. The van der Waals surface area contributed by atoms with Gasteiger partial charge in [0.15, 0.2) is 5.13 Å². The third-order valence-corrected chi connectivity index (χ3v) is 5.98. The number of carbonyl (C=O) groups is 2. The Balaban J connectivity index is 1.79. The van der Waals surface area contributed by atoms with Crippen molar-refractivity contribution >= 4 is 28.3 Å². The number of carbonyl (C=O) groups excluding carboxylic acids is 2. The molecule has 1 aromatic carbocycles. The number of thiazole rings is 1. The van der Waals surface area contributed by atoms with Crippen LogP contribution in [-0.4, -0.2) is 30.6 Å². The second-order valence-corrected chi connectivity index (χ2v) is 8.40. The summed E-state index contributed by atoms with van der Waals surface area (Å²) in [5.41, 5.74) is 2.07. The molecule has 158 valence electrons.